The summed E-state index contributed by atoms with van der Waals surface area (Å²) in [4.78, 5) is 134. The molecule has 8 amide bonds. The molecular formula is C49H71N15O11. The summed E-state index contributed by atoms with van der Waals surface area (Å²) in [6, 6.07) is 6.05. The Hall–Kier alpha value is -7.87. The second-order valence-corrected chi connectivity index (χ2v) is 18.7. The first-order chi connectivity index (χ1) is 35.8. The third-order valence-electron chi connectivity index (χ3n) is 13.3. The number of likely N-dealkylation sites (tertiary alicyclic amines) is 2. The Labute approximate surface area is 434 Å². The SMILES string of the molecule is C[C@@H](C(=O)N[C@@H](CCCN=C(N)N)C(=O)O)N1Cc2ccccc2C[C@@H](NC(=O)[C@H](CO)NC(=O)[C@H](Cc2ccccc2)NC(=O)CNC(=O)[C@@H]2CCCN2C(=O)[C@@H]2CCCN2C(=O)[C@@H](N)CCCN=C(N)N)C1=O. The van der Waals surface area contributed by atoms with Gasteiger partial charge >= 0.3 is 5.97 Å². The lowest BCUT2D eigenvalue weighted by Crippen LogP contribution is -2.60. The van der Waals surface area contributed by atoms with E-state index in [-0.39, 0.29) is 57.2 Å². The Kier molecular flexibility index (Phi) is 21.6. The highest BCUT2D eigenvalue weighted by atomic mass is 16.4. The molecule has 0 spiro atoms. The zero-order chi connectivity index (χ0) is 54.8. The van der Waals surface area contributed by atoms with Crippen molar-refractivity contribution in [2.75, 3.05) is 39.3 Å². The molecule has 75 heavy (non-hydrogen) atoms. The molecule has 0 saturated carbocycles. The third kappa shape index (κ3) is 16.6. The zero-order valence-corrected chi connectivity index (χ0v) is 42.0. The molecule has 2 fully saturated rings. The van der Waals surface area contributed by atoms with Gasteiger partial charge in [0.05, 0.1) is 19.2 Å². The van der Waals surface area contributed by atoms with Crippen LogP contribution >= 0.6 is 0 Å². The van der Waals surface area contributed by atoms with Gasteiger partial charge in [0.25, 0.3) is 0 Å². The quantitative estimate of drug-likeness (QED) is 0.0255. The van der Waals surface area contributed by atoms with Gasteiger partial charge in [-0.2, -0.15) is 0 Å². The summed E-state index contributed by atoms with van der Waals surface area (Å²) < 4.78 is 0. The number of rotatable bonds is 25. The summed E-state index contributed by atoms with van der Waals surface area (Å²) in [5.74, 6) is -7.09. The van der Waals surface area contributed by atoms with E-state index in [4.69, 9.17) is 28.7 Å². The van der Waals surface area contributed by atoms with Crippen LogP contribution in [-0.2, 0) is 62.5 Å². The molecule has 0 aliphatic carbocycles. The van der Waals surface area contributed by atoms with Gasteiger partial charge < -0.3 is 80.2 Å². The first-order valence-electron chi connectivity index (χ1n) is 25.0. The van der Waals surface area contributed by atoms with Crippen molar-refractivity contribution in [3.05, 3.63) is 71.3 Å². The monoisotopic (exact) mass is 1050 g/mol. The molecule has 5 rings (SSSR count). The lowest BCUT2D eigenvalue weighted by Gasteiger charge is -2.32. The average molecular weight is 1050 g/mol. The highest BCUT2D eigenvalue weighted by Gasteiger charge is 2.43. The largest absolute Gasteiger partial charge is 0.480 e. The molecule has 0 aromatic heterocycles. The number of aliphatic imine (C=N–C) groups is 2. The van der Waals surface area contributed by atoms with Crippen LogP contribution in [-0.4, -0.2) is 178 Å². The molecule has 2 aromatic carbocycles. The number of aliphatic hydroxyl groups is 1. The second kappa shape index (κ2) is 28.0. The molecule has 26 heteroatoms. The normalized spacial score (nSPS) is 19.2. The smallest absolute Gasteiger partial charge is 0.326 e. The minimum absolute atomic E-state index is 0.0157. The first-order valence-corrected chi connectivity index (χ1v) is 25.0. The molecule has 0 unspecified atom stereocenters. The number of hydrogen-bond acceptors (Lipinski definition) is 13. The van der Waals surface area contributed by atoms with E-state index in [9.17, 15) is 53.4 Å². The molecule has 3 aliphatic heterocycles. The van der Waals surface area contributed by atoms with Gasteiger partial charge in [0.2, 0.25) is 47.3 Å². The Morgan fingerprint density at radius 3 is 1.97 bits per heavy atom. The van der Waals surface area contributed by atoms with Crippen LogP contribution in [0.2, 0.25) is 0 Å². The van der Waals surface area contributed by atoms with Crippen LogP contribution in [0.25, 0.3) is 0 Å². The third-order valence-corrected chi connectivity index (χ3v) is 13.3. The molecule has 0 radical (unpaired) electrons. The van der Waals surface area contributed by atoms with Crippen LogP contribution in [0.1, 0.15) is 75.0 Å². The fourth-order valence-corrected chi connectivity index (χ4v) is 9.28. The molecule has 26 nitrogen and oxygen atoms in total. The lowest BCUT2D eigenvalue weighted by atomic mass is 10.0. The van der Waals surface area contributed by atoms with Crippen molar-refractivity contribution in [3.8, 4) is 0 Å². The maximum Gasteiger partial charge on any atom is 0.326 e. The summed E-state index contributed by atoms with van der Waals surface area (Å²) in [5, 5.41) is 33.0. The van der Waals surface area contributed by atoms with Crippen LogP contribution in [0.3, 0.4) is 0 Å². The predicted molar refractivity (Wildman–Crippen MR) is 273 cm³/mol. The molecule has 2 aromatic rings. The van der Waals surface area contributed by atoms with E-state index in [1.54, 1.807) is 54.6 Å². The van der Waals surface area contributed by atoms with Gasteiger partial charge in [-0.1, -0.05) is 54.6 Å². The van der Waals surface area contributed by atoms with Gasteiger partial charge in [0, 0.05) is 45.6 Å². The predicted octanol–water partition coefficient (Wildman–Crippen LogP) is -4.25. The Morgan fingerprint density at radius 2 is 1.33 bits per heavy atom. The van der Waals surface area contributed by atoms with Crippen molar-refractivity contribution in [1.29, 1.82) is 0 Å². The van der Waals surface area contributed by atoms with Crippen LogP contribution in [0.4, 0.5) is 0 Å². The summed E-state index contributed by atoms with van der Waals surface area (Å²) in [7, 11) is 0. The van der Waals surface area contributed by atoms with Crippen molar-refractivity contribution in [2.24, 2.45) is 38.7 Å². The standard InChI is InChI=1S/C49H71N15O11/c1-28(40(67)59-33(47(74)75)16-8-20-56-49(53)54)64-26-31-14-6-5-13-30(31)24-35(45(64)72)60-42(69)36(27-65)61-41(68)34(23-29-11-3-2-4-12-29)58-39(66)25-57-43(70)37-17-9-21-62(37)46(73)38-18-10-22-63(38)44(71)32(50)15-7-19-55-48(51)52/h2-6,11-14,28,32-38,65H,7-10,15-27,50H2,1H3,(H,57,70)(H,58,66)(H,59,67)(H,60,69)(H,61,68)(H,74,75)(H4,51,52,55)(H4,53,54,56)/t28-,32-,33-,34-,35+,36-,37-,38-/m0/s1. The molecule has 17 N–H and O–H groups in total. The van der Waals surface area contributed by atoms with Crippen molar-refractivity contribution in [1.82, 2.24) is 41.3 Å². The number of carbonyl (C=O) groups excluding carboxylic acids is 8. The number of carbonyl (C=O) groups is 9. The summed E-state index contributed by atoms with van der Waals surface area (Å²) in [6.45, 7) is 0.802. The van der Waals surface area contributed by atoms with Gasteiger partial charge in [-0.3, -0.25) is 48.3 Å². The molecule has 3 aliphatic rings. The van der Waals surface area contributed by atoms with Gasteiger partial charge in [0.1, 0.15) is 42.3 Å². The number of carboxylic acids is 1. The first kappa shape index (κ1) is 58.0. The van der Waals surface area contributed by atoms with E-state index in [0.717, 1.165) is 0 Å². The van der Waals surface area contributed by atoms with Crippen LogP contribution < -0.4 is 55.3 Å². The molecule has 8 atom stereocenters. The van der Waals surface area contributed by atoms with Gasteiger partial charge in [0.15, 0.2) is 11.9 Å². The minimum atomic E-state index is -1.65. The van der Waals surface area contributed by atoms with Gasteiger partial charge in [-0.05, 0) is 75.0 Å². The summed E-state index contributed by atoms with van der Waals surface area (Å²) in [6.07, 6.45) is 2.59. The van der Waals surface area contributed by atoms with E-state index in [1.165, 1.54) is 21.6 Å². The number of guanidine groups is 2. The zero-order valence-electron chi connectivity index (χ0n) is 42.0. The molecule has 408 valence electrons. The number of fused-ring (bicyclic) bond motifs is 1. The van der Waals surface area contributed by atoms with Gasteiger partial charge in [-0.15, -0.1) is 0 Å². The number of aliphatic carboxylic acids is 1. The van der Waals surface area contributed by atoms with Crippen molar-refractivity contribution in [2.45, 2.75) is 126 Å². The summed E-state index contributed by atoms with van der Waals surface area (Å²) >= 11 is 0. The van der Waals surface area contributed by atoms with Crippen LogP contribution in [0.5, 0.6) is 0 Å². The van der Waals surface area contributed by atoms with E-state index in [1.807, 2.05) is 0 Å². The maximum absolute atomic E-state index is 14.3. The van der Waals surface area contributed by atoms with E-state index >= 15 is 0 Å². The topological polar surface area (TPSA) is 419 Å². The number of aliphatic hydroxyl groups excluding tert-OH is 1. The average Bonchev–Trinajstić information content (AvgIpc) is 4.07. The Bertz CT molecular complexity index is 2430. The fourth-order valence-electron chi connectivity index (χ4n) is 9.28. The van der Waals surface area contributed by atoms with E-state index < -0.39 is 115 Å². The van der Waals surface area contributed by atoms with Crippen LogP contribution in [0, 0.1) is 0 Å². The molecule has 2 saturated heterocycles. The number of benzene rings is 2. The molecular weight excluding hydrogens is 975 g/mol. The minimum Gasteiger partial charge on any atom is -0.480 e. The van der Waals surface area contributed by atoms with Crippen LogP contribution in [0.15, 0.2) is 64.6 Å². The highest BCUT2D eigenvalue weighted by molar-refractivity contribution is 5.98. The van der Waals surface area contributed by atoms with Gasteiger partial charge in [-0.25, -0.2) is 4.79 Å². The number of nitrogens with two attached hydrogens (primary N) is 5. The maximum atomic E-state index is 14.3. The summed E-state index contributed by atoms with van der Waals surface area (Å²) in [5.41, 5.74) is 29.6. The molecule has 0 bridgehead atoms. The number of amides is 8. The number of nitrogens with one attached hydrogen (secondary N) is 5. The van der Waals surface area contributed by atoms with E-state index in [2.05, 4.69) is 36.6 Å². The van der Waals surface area contributed by atoms with Crippen molar-refractivity contribution >= 4 is 65.1 Å². The van der Waals surface area contributed by atoms with Crippen molar-refractivity contribution in [3.63, 3.8) is 0 Å². The Morgan fingerprint density at radius 1 is 0.733 bits per heavy atom. The second-order valence-electron chi connectivity index (χ2n) is 18.7. The highest BCUT2D eigenvalue weighted by Crippen LogP contribution is 2.26. The molecule has 3 heterocycles. The lowest BCUT2D eigenvalue weighted by molar-refractivity contribution is -0.147. The van der Waals surface area contributed by atoms with E-state index in [0.29, 0.717) is 68.3 Å². The van der Waals surface area contributed by atoms with Crippen molar-refractivity contribution < 1.29 is 53.4 Å². The number of carboxylic acid groups (broad SMARTS) is 1. The number of nitrogens with zero attached hydrogens (tertiary/aromatic N) is 5. The fraction of sp³-hybridized carbons (Fsp3) is 0.531. The number of hydrogen-bond donors (Lipinski definition) is 12. The Balaban J connectivity index is 1.22.